The van der Waals surface area contributed by atoms with E-state index in [0.717, 1.165) is 52.2 Å². The fraction of sp³-hybridized carbons (Fsp3) is 0.619. The number of aliphatic carboxylic acids is 2. The van der Waals surface area contributed by atoms with Crippen molar-refractivity contribution >= 4 is 29.3 Å². The molecule has 2 aromatic heterocycles. The van der Waals surface area contributed by atoms with Crippen molar-refractivity contribution in [2.24, 2.45) is 0 Å². The maximum atomic E-state index is 10.6. The average Bonchev–Trinajstić information content (AvgIpc) is 3.41. The minimum Gasteiger partial charge on any atom is -0.475 e. The van der Waals surface area contributed by atoms with Crippen molar-refractivity contribution in [3.63, 3.8) is 0 Å². The van der Waals surface area contributed by atoms with Crippen LogP contribution >= 0.6 is 11.3 Å². The number of hydrogen-bond acceptors (Lipinski definition) is 9. The molecule has 2 aromatic rings. The first-order chi connectivity index (χ1) is 17.5. The zero-order valence-electron chi connectivity index (χ0n) is 20.3. The summed E-state index contributed by atoms with van der Waals surface area (Å²) in [5.41, 5.74) is -0.120. The van der Waals surface area contributed by atoms with E-state index in [2.05, 4.69) is 39.1 Å². The van der Waals surface area contributed by atoms with Crippen molar-refractivity contribution in [3.8, 4) is 0 Å². The first-order valence-electron chi connectivity index (χ1n) is 11.1. The predicted octanol–water partition coefficient (Wildman–Crippen LogP) is 3.89. The van der Waals surface area contributed by atoms with Gasteiger partial charge in [0.15, 0.2) is 0 Å². The Morgan fingerprint density at radius 2 is 1.63 bits per heavy atom. The molecule has 2 saturated heterocycles. The van der Waals surface area contributed by atoms with Gasteiger partial charge in [-0.1, -0.05) is 5.10 Å². The molecule has 0 radical (unpaired) electrons. The molecule has 0 aliphatic carbocycles. The molecule has 4 heterocycles. The van der Waals surface area contributed by atoms with Crippen LogP contribution in [0.15, 0.2) is 16.5 Å². The number of thiophene rings is 1. The summed E-state index contributed by atoms with van der Waals surface area (Å²) < 4.78 is 75.4. The van der Waals surface area contributed by atoms with Gasteiger partial charge in [0.25, 0.3) is 0 Å². The summed E-state index contributed by atoms with van der Waals surface area (Å²) in [5.74, 6) is -4.90. The molecule has 0 saturated carbocycles. The van der Waals surface area contributed by atoms with Crippen molar-refractivity contribution in [2.75, 3.05) is 37.7 Å². The van der Waals surface area contributed by atoms with Crippen LogP contribution in [0.4, 0.5) is 32.4 Å². The van der Waals surface area contributed by atoms with E-state index in [4.69, 9.17) is 29.0 Å². The molecular formula is C21H26F6N4O6S. The summed E-state index contributed by atoms with van der Waals surface area (Å²) in [6, 6.07) is 5.08. The van der Waals surface area contributed by atoms with Crippen molar-refractivity contribution < 1.29 is 55.3 Å². The fourth-order valence-electron chi connectivity index (χ4n) is 3.77. The van der Waals surface area contributed by atoms with Crippen LogP contribution in [0.3, 0.4) is 0 Å². The van der Waals surface area contributed by atoms with Gasteiger partial charge in [-0.25, -0.2) is 9.59 Å². The number of piperidine rings is 1. The summed E-state index contributed by atoms with van der Waals surface area (Å²) >= 11 is 1.89. The molecule has 214 valence electrons. The minimum atomic E-state index is -5.08. The lowest BCUT2D eigenvalue weighted by Gasteiger charge is -2.47. The van der Waals surface area contributed by atoms with E-state index in [1.807, 2.05) is 18.3 Å². The van der Waals surface area contributed by atoms with E-state index in [0.29, 0.717) is 11.9 Å². The number of nitrogens with zero attached hydrogens (tertiary/aromatic N) is 4. The fourth-order valence-corrected chi connectivity index (χ4v) is 4.70. The quantitative estimate of drug-likeness (QED) is 0.520. The van der Waals surface area contributed by atoms with Crippen LogP contribution in [-0.2, 0) is 20.9 Å². The lowest BCUT2D eigenvalue weighted by atomic mass is 9.91. The minimum absolute atomic E-state index is 0.120. The number of aromatic nitrogens is 2. The van der Waals surface area contributed by atoms with Crippen LogP contribution in [0.2, 0.25) is 0 Å². The number of aryl methyl sites for hydroxylation is 2. The molecule has 2 aliphatic heterocycles. The monoisotopic (exact) mass is 576 g/mol. The van der Waals surface area contributed by atoms with Crippen molar-refractivity contribution in [3.05, 3.63) is 27.8 Å². The topological polar surface area (TPSA) is 129 Å². The van der Waals surface area contributed by atoms with E-state index >= 15 is 0 Å². The summed E-state index contributed by atoms with van der Waals surface area (Å²) in [4.78, 5) is 25.3. The molecule has 4 rings (SSSR count). The second kappa shape index (κ2) is 12.8. The highest BCUT2D eigenvalue weighted by Crippen LogP contribution is 2.32. The Morgan fingerprint density at radius 3 is 2.11 bits per heavy atom. The summed E-state index contributed by atoms with van der Waals surface area (Å²) in [6.45, 7) is 9.56. The molecule has 2 aliphatic rings. The molecule has 1 atom stereocenters. The first kappa shape index (κ1) is 31.3. The normalized spacial score (nSPS) is 20.3. The van der Waals surface area contributed by atoms with E-state index in [-0.39, 0.29) is 5.60 Å². The molecule has 0 bridgehead atoms. The van der Waals surface area contributed by atoms with E-state index in [9.17, 15) is 26.3 Å². The summed E-state index contributed by atoms with van der Waals surface area (Å²) in [6.07, 6.45) is -7.98. The van der Waals surface area contributed by atoms with Crippen LogP contribution in [0.1, 0.15) is 28.5 Å². The largest absolute Gasteiger partial charge is 0.490 e. The Balaban J connectivity index is 0.000000301. The Hall–Kier alpha value is -2.92. The molecule has 17 heteroatoms. The number of ether oxygens (including phenoxy) is 1. The second-order valence-corrected chi connectivity index (χ2v) is 9.86. The zero-order valence-corrected chi connectivity index (χ0v) is 21.1. The number of hydrogen-bond donors (Lipinski definition) is 2. The Bertz CT molecular complexity index is 1050. The van der Waals surface area contributed by atoms with Gasteiger partial charge in [-0.3, -0.25) is 4.90 Å². The van der Waals surface area contributed by atoms with E-state index < -0.39 is 24.3 Å². The van der Waals surface area contributed by atoms with Gasteiger partial charge in [0.1, 0.15) is 0 Å². The number of anilines is 1. The van der Waals surface area contributed by atoms with Crippen LogP contribution in [-0.4, -0.2) is 88.0 Å². The van der Waals surface area contributed by atoms with Gasteiger partial charge in [-0.05, 0) is 31.9 Å². The maximum absolute atomic E-state index is 10.6. The first-order valence-corrected chi connectivity index (χ1v) is 11.9. The van der Waals surface area contributed by atoms with Gasteiger partial charge in [0, 0.05) is 42.9 Å². The molecule has 0 aromatic carbocycles. The smallest absolute Gasteiger partial charge is 0.475 e. The number of alkyl halides is 6. The zero-order chi connectivity index (χ0) is 28.7. The lowest BCUT2D eigenvalue weighted by molar-refractivity contribution is -0.193. The summed E-state index contributed by atoms with van der Waals surface area (Å²) in [7, 11) is 0. The highest BCUT2D eigenvalue weighted by Gasteiger charge is 2.42. The highest BCUT2D eigenvalue weighted by molar-refractivity contribution is 7.11. The second-order valence-electron chi connectivity index (χ2n) is 8.49. The van der Waals surface area contributed by atoms with Gasteiger partial charge in [-0.2, -0.15) is 26.3 Å². The van der Waals surface area contributed by atoms with Crippen molar-refractivity contribution in [1.82, 2.24) is 15.1 Å². The standard InChI is InChI=1S/C17H24N4O2S.2C2HF3O2/c1-13-4-5-15(24-13)10-20-8-9-22-17(11-20)6-3-7-21(12-17)16-19-18-14(2)23-16;2*3-2(4,5)1(6)7/h4-5H,3,6-12H2,1-2H3;2*(H,6,7). The molecule has 1 unspecified atom stereocenters. The predicted molar refractivity (Wildman–Crippen MR) is 121 cm³/mol. The molecule has 2 N–H and O–H groups in total. The van der Waals surface area contributed by atoms with Gasteiger partial charge >= 0.3 is 30.3 Å². The van der Waals surface area contributed by atoms with Crippen molar-refractivity contribution in [2.45, 2.75) is 51.2 Å². The van der Waals surface area contributed by atoms with Gasteiger partial charge in [0.05, 0.1) is 18.8 Å². The molecule has 0 amide bonds. The third kappa shape index (κ3) is 9.75. The highest BCUT2D eigenvalue weighted by atomic mass is 32.1. The van der Waals surface area contributed by atoms with Crippen molar-refractivity contribution in [1.29, 1.82) is 0 Å². The Labute approximate surface area is 216 Å². The van der Waals surface area contributed by atoms with Crippen LogP contribution in [0, 0.1) is 13.8 Å². The third-order valence-corrected chi connectivity index (χ3v) is 6.30. The number of carboxylic acid groups (broad SMARTS) is 2. The van der Waals surface area contributed by atoms with Gasteiger partial charge < -0.3 is 24.3 Å². The SMILES string of the molecule is Cc1nnc(N2CCCC3(CN(Cc4ccc(C)s4)CCO3)C2)o1.O=C(O)C(F)(F)F.O=C(O)C(F)(F)F. The molecular weight excluding hydrogens is 550 g/mol. The van der Waals surface area contributed by atoms with Crippen LogP contribution in [0.5, 0.6) is 0 Å². The van der Waals surface area contributed by atoms with E-state index in [1.54, 1.807) is 0 Å². The number of carboxylic acids is 2. The average molecular weight is 577 g/mol. The Morgan fingerprint density at radius 1 is 1.03 bits per heavy atom. The third-order valence-electron chi connectivity index (χ3n) is 5.31. The number of carbonyl (C=O) groups is 2. The number of rotatable bonds is 3. The van der Waals surface area contributed by atoms with Crippen LogP contribution < -0.4 is 4.90 Å². The number of halogens is 6. The number of morpholine rings is 1. The molecule has 10 nitrogen and oxygen atoms in total. The summed E-state index contributed by atoms with van der Waals surface area (Å²) in [5, 5.41) is 22.4. The molecule has 2 fully saturated rings. The van der Waals surface area contributed by atoms with Gasteiger partial charge in [0.2, 0.25) is 5.89 Å². The molecule has 38 heavy (non-hydrogen) atoms. The Kier molecular flexibility index (Phi) is 10.5. The van der Waals surface area contributed by atoms with Gasteiger partial charge in [-0.15, -0.1) is 16.4 Å². The van der Waals surface area contributed by atoms with E-state index in [1.165, 1.54) is 9.75 Å². The molecule has 1 spiro atoms. The lowest BCUT2D eigenvalue weighted by Crippen LogP contribution is -2.59. The maximum Gasteiger partial charge on any atom is 0.490 e. The van der Waals surface area contributed by atoms with Crippen LogP contribution in [0.25, 0.3) is 0 Å².